The van der Waals surface area contributed by atoms with Gasteiger partial charge < -0.3 is 31.1 Å². The van der Waals surface area contributed by atoms with Crippen LogP contribution in [-0.4, -0.2) is 58.6 Å². The Bertz CT molecular complexity index is 1470. The Kier molecular flexibility index (Phi) is 10.7. The average Bonchev–Trinajstić information content (AvgIpc) is 2.94. The number of aliphatic hydroxyl groups is 1. The number of rotatable bonds is 11. The van der Waals surface area contributed by atoms with Crippen LogP contribution in [0.5, 0.6) is 0 Å². The number of nitrogens with zero attached hydrogens (tertiary/aromatic N) is 1. The minimum absolute atomic E-state index is 0.148. The van der Waals surface area contributed by atoms with E-state index in [1.807, 2.05) is 36.4 Å². The van der Waals surface area contributed by atoms with Crippen LogP contribution in [0.25, 0.3) is 10.8 Å². The van der Waals surface area contributed by atoms with Crippen LogP contribution < -0.4 is 16.4 Å². The van der Waals surface area contributed by atoms with Crippen LogP contribution in [-0.2, 0) is 19.1 Å². The van der Waals surface area contributed by atoms with E-state index in [-0.39, 0.29) is 19.4 Å². The molecule has 0 aliphatic rings. The second kappa shape index (κ2) is 14.1. The largest absolute Gasteiger partial charge is 0.444 e. The number of nitrogens with two attached hydrogens (primary N) is 1. The number of benzene rings is 3. The third-order valence-corrected chi connectivity index (χ3v) is 6.26. The van der Waals surface area contributed by atoms with Gasteiger partial charge in [0, 0.05) is 24.2 Å². The molecule has 0 saturated heterocycles. The van der Waals surface area contributed by atoms with E-state index in [4.69, 9.17) is 16.9 Å². The minimum Gasteiger partial charge on any atom is -0.444 e. The molecule has 3 aromatic rings. The summed E-state index contributed by atoms with van der Waals surface area (Å²) in [6.45, 7) is 4.26. The van der Waals surface area contributed by atoms with E-state index in [2.05, 4.69) is 16.6 Å². The van der Waals surface area contributed by atoms with E-state index >= 15 is 0 Å². The Hall–Kier alpha value is -4.88. The fourth-order valence-electron chi connectivity index (χ4n) is 4.38. The molecular weight excluding hydrogens is 536 g/mol. The number of terminal acetylenes is 1. The number of fused-ring (bicyclic) bond motifs is 1. The van der Waals surface area contributed by atoms with Crippen molar-refractivity contribution < 1.29 is 29.0 Å². The number of hydrogen-bond acceptors (Lipinski definition) is 6. The number of aliphatic hydroxyl groups excluding tert-OH is 1. The molecule has 220 valence electrons. The Balaban J connectivity index is 2.02. The molecule has 0 saturated carbocycles. The molecule has 0 aliphatic carbocycles. The number of carbonyl (C=O) groups excluding carboxylic acids is 4. The molecular formula is C32H36N4O6. The minimum atomic E-state index is -1.28. The summed E-state index contributed by atoms with van der Waals surface area (Å²) in [6.07, 6.45) is 4.26. The lowest BCUT2D eigenvalue weighted by Gasteiger charge is -2.34. The monoisotopic (exact) mass is 572 g/mol. The molecule has 3 aromatic carbocycles. The van der Waals surface area contributed by atoms with Crippen molar-refractivity contribution in [1.29, 1.82) is 0 Å². The van der Waals surface area contributed by atoms with E-state index < -0.39 is 48.1 Å². The van der Waals surface area contributed by atoms with E-state index in [9.17, 15) is 24.3 Å². The van der Waals surface area contributed by atoms with Crippen LogP contribution in [0.2, 0.25) is 0 Å². The summed E-state index contributed by atoms with van der Waals surface area (Å²) < 4.78 is 5.31. The van der Waals surface area contributed by atoms with Crippen LogP contribution in [0, 0.1) is 12.3 Å². The predicted molar refractivity (Wildman–Crippen MR) is 160 cm³/mol. The highest BCUT2D eigenvalue weighted by Crippen LogP contribution is 2.26. The summed E-state index contributed by atoms with van der Waals surface area (Å²) in [7, 11) is 0. The zero-order valence-electron chi connectivity index (χ0n) is 23.9. The van der Waals surface area contributed by atoms with E-state index in [0.717, 1.165) is 15.7 Å². The smallest absolute Gasteiger partial charge is 0.408 e. The number of ether oxygens (including phenoxy) is 1. The van der Waals surface area contributed by atoms with Crippen molar-refractivity contribution in [2.75, 3.05) is 18.5 Å². The van der Waals surface area contributed by atoms with Gasteiger partial charge in [-0.15, -0.1) is 6.42 Å². The summed E-state index contributed by atoms with van der Waals surface area (Å²) in [5.41, 5.74) is 5.96. The number of alkyl carbamates (subject to hydrolysis) is 1. The molecule has 5 N–H and O–H groups in total. The van der Waals surface area contributed by atoms with Crippen molar-refractivity contribution in [3.8, 4) is 12.3 Å². The first-order chi connectivity index (χ1) is 19.9. The highest BCUT2D eigenvalue weighted by Gasteiger charge is 2.36. The first-order valence-corrected chi connectivity index (χ1v) is 13.5. The van der Waals surface area contributed by atoms with E-state index in [1.165, 1.54) is 0 Å². The summed E-state index contributed by atoms with van der Waals surface area (Å²) in [6, 6.07) is 17.1. The Morgan fingerprint density at radius 3 is 2.29 bits per heavy atom. The molecule has 2 atom stereocenters. The molecule has 0 bridgehead atoms. The van der Waals surface area contributed by atoms with Crippen molar-refractivity contribution in [1.82, 2.24) is 10.2 Å². The van der Waals surface area contributed by atoms with Gasteiger partial charge in [0.1, 0.15) is 17.7 Å². The lowest BCUT2D eigenvalue weighted by atomic mass is 10.00. The molecule has 2 unspecified atom stereocenters. The second-order valence-corrected chi connectivity index (χ2v) is 10.7. The lowest BCUT2D eigenvalue weighted by molar-refractivity contribution is -0.141. The van der Waals surface area contributed by atoms with Gasteiger partial charge in [0.25, 0.3) is 5.91 Å². The van der Waals surface area contributed by atoms with Gasteiger partial charge in [0.05, 0.1) is 6.61 Å². The molecule has 0 fully saturated rings. The van der Waals surface area contributed by atoms with Crippen molar-refractivity contribution in [2.45, 2.75) is 51.3 Å². The SMILES string of the molecule is C#Cc1ccc(C(C(=O)Nc2ccc3ccccc3c2)N(CCO)C(=O)C(CCC(N)=O)NC(=O)OC(C)(C)C)cc1. The summed E-state index contributed by atoms with van der Waals surface area (Å²) >= 11 is 0. The first kappa shape index (κ1) is 31.6. The number of amides is 4. The van der Waals surface area contributed by atoms with Crippen molar-refractivity contribution in [2.24, 2.45) is 5.73 Å². The van der Waals surface area contributed by atoms with Crippen LogP contribution in [0.1, 0.15) is 50.8 Å². The highest BCUT2D eigenvalue weighted by atomic mass is 16.6. The number of hydrogen-bond donors (Lipinski definition) is 4. The van der Waals surface area contributed by atoms with Gasteiger partial charge in [-0.3, -0.25) is 14.4 Å². The number of anilines is 1. The topological polar surface area (TPSA) is 151 Å². The molecule has 4 amide bonds. The summed E-state index contributed by atoms with van der Waals surface area (Å²) in [5.74, 6) is 0.562. The molecule has 10 heteroatoms. The van der Waals surface area contributed by atoms with Crippen molar-refractivity contribution in [3.63, 3.8) is 0 Å². The number of primary amides is 1. The van der Waals surface area contributed by atoms with E-state index in [0.29, 0.717) is 16.8 Å². The Morgan fingerprint density at radius 1 is 1.02 bits per heavy atom. The maximum atomic E-state index is 14.0. The van der Waals surface area contributed by atoms with E-state index in [1.54, 1.807) is 51.1 Å². The summed E-state index contributed by atoms with van der Waals surface area (Å²) in [4.78, 5) is 53.3. The fraction of sp³-hybridized carbons (Fsp3) is 0.312. The molecule has 10 nitrogen and oxygen atoms in total. The van der Waals surface area contributed by atoms with Gasteiger partial charge in [-0.2, -0.15) is 0 Å². The van der Waals surface area contributed by atoms with Crippen LogP contribution >= 0.6 is 0 Å². The van der Waals surface area contributed by atoms with Crippen LogP contribution in [0.3, 0.4) is 0 Å². The average molecular weight is 573 g/mol. The van der Waals surface area contributed by atoms with Crippen molar-refractivity contribution in [3.05, 3.63) is 77.9 Å². The zero-order chi connectivity index (χ0) is 30.9. The molecule has 0 spiro atoms. The van der Waals surface area contributed by atoms with Gasteiger partial charge >= 0.3 is 6.09 Å². The normalized spacial score (nSPS) is 12.5. The molecule has 0 aliphatic heterocycles. The Labute approximate surface area is 245 Å². The van der Waals surface area contributed by atoms with Crippen molar-refractivity contribution >= 4 is 40.3 Å². The third kappa shape index (κ3) is 8.81. The standard InChI is InChI=1S/C32H36N4O6/c1-5-21-10-12-23(13-11-21)28(29(39)34-25-15-14-22-8-6-7-9-24(22)20-25)36(18-19-37)30(40)26(16-17-27(33)38)35-31(41)42-32(2,3)4/h1,6-15,20,26,28,37H,16-19H2,2-4H3,(H2,33,38)(H,34,39)(H,35,41). The van der Waals surface area contributed by atoms with Gasteiger partial charge in [-0.05, 0) is 67.8 Å². The summed E-state index contributed by atoms with van der Waals surface area (Å²) in [5, 5.41) is 17.2. The first-order valence-electron chi connectivity index (χ1n) is 13.5. The molecule has 3 rings (SSSR count). The van der Waals surface area contributed by atoms with Crippen LogP contribution in [0.4, 0.5) is 10.5 Å². The second-order valence-electron chi connectivity index (χ2n) is 10.7. The molecule has 0 aromatic heterocycles. The van der Waals surface area contributed by atoms with Gasteiger partial charge in [-0.1, -0.05) is 48.4 Å². The molecule has 42 heavy (non-hydrogen) atoms. The highest BCUT2D eigenvalue weighted by molar-refractivity contribution is 6.00. The maximum Gasteiger partial charge on any atom is 0.408 e. The quantitative estimate of drug-likeness (QED) is 0.258. The maximum absolute atomic E-state index is 14.0. The zero-order valence-corrected chi connectivity index (χ0v) is 23.9. The molecule has 0 heterocycles. The molecule has 0 radical (unpaired) electrons. The Morgan fingerprint density at radius 2 is 1.69 bits per heavy atom. The predicted octanol–water partition coefficient (Wildman–Crippen LogP) is 3.48. The third-order valence-electron chi connectivity index (χ3n) is 6.26. The lowest BCUT2D eigenvalue weighted by Crippen LogP contribution is -2.53. The number of carbonyl (C=O) groups is 4. The van der Waals surface area contributed by atoms with Gasteiger partial charge in [0.15, 0.2) is 0 Å². The van der Waals surface area contributed by atoms with Crippen LogP contribution in [0.15, 0.2) is 66.7 Å². The van der Waals surface area contributed by atoms with Gasteiger partial charge in [-0.25, -0.2) is 4.79 Å². The van der Waals surface area contributed by atoms with Gasteiger partial charge in [0.2, 0.25) is 11.8 Å². The fourth-order valence-corrected chi connectivity index (χ4v) is 4.38. The number of nitrogens with one attached hydrogen (secondary N) is 2.